The zero-order valence-electron chi connectivity index (χ0n) is 18.1. The molecule has 0 saturated heterocycles. The van der Waals surface area contributed by atoms with E-state index in [9.17, 15) is 22.7 Å². The highest BCUT2D eigenvalue weighted by molar-refractivity contribution is 7.89. The third-order valence-corrected chi connectivity index (χ3v) is 6.98. The van der Waals surface area contributed by atoms with Crippen LogP contribution in [0, 0.1) is 11.7 Å². The number of benzene rings is 1. The highest BCUT2D eigenvalue weighted by Gasteiger charge is 2.24. The Morgan fingerprint density at radius 3 is 2.81 bits per heavy atom. The normalized spacial score (nSPS) is 20.0. The number of halogens is 1. The Balaban J connectivity index is 1.42. The summed E-state index contributed by atoms with van der Waals surface area (Å²) in [6, 6.07) is 3.41. The van der Waals surface area contributed by atoms with Crippen molar-refractivity contribution in [1.82, 2.24) is 14.9 Å². The second-order valence-electron chi connectivity index (χ2n) is 8.34. The molecule has 0 radical (unpaired) electrons. The lowest BCUT2D eigenvalue weighted by Crippen LogP contribution is -2.49. The molecule has 1 aliphatic carbocycles. The van der Waals surface area contributed by atoms with Gasteiger partial charge < -0.3 is 20.9 Å². The number of unbranched alkanes of at least 4 members (excludes halogenated alkanes) is 2. The van der Waals surface area contributed by atoms with E-state index in [-0.39, 0.29) is 17.2 Å². The minimum atomic E-state index is -3.54. The van der Waals surface area contributed by atoms with Gasteiger partial charge in [-0.1, -0.05) is 12.5 Å². The molecule has 2 aliphatic rings. The molecule has 0 bridgehead atoms. The number of nitrogens with two attached hydrogens (primary N) is 1. The summed E-state index contributed by atoms with van der Waals surface area (Å²) in [5.41, 5.74) is 6.38. The maximum Gasteiger partial charge on any atom is 0.323 e. The summed E-state index contributed by atoms with van der Waals surface area (Å²) in [5.74, 6) is 0.104. The fourth-order valence-electron chi connectivity index (χ4n) is 3.30. The van der Waals surface area contributed by atoms with E-state index >= 15 is 0 Å². The van der Waals surface area contributed by atoms with Crippen LogP contribution < -0.4 is 20.5 Å². The number of aliphatic hydroxyl groups excluding tert-OH is 1. The molecule has 178 valence electrons. The van der Waals surface area contributed by atoms with Crippen molar-refractivity contribution in [2.75, 3.05) is 18.9 Å². The van der Waals surface area contributed by atoms with Crippen molar-refractivity contribution in [3.63, 3.8) is 0 Å². The van der Waals surface area contributed by atoms with Crippen molar-refractivity contribution < 1.29 is 27.4 Å². The monoisotopic (exact) mass is 470 g/mol. The molecular weight excluding hydrogens is 439 g/mol. The molecule has 2 atom stereocenters. The van der Waals surface area contributed by atoms with Crippen LogP contribution in [0.5, 0.6) is 5.75 Å². The van der Waals surface area contributed by atoms with E-state index in [1.165, 1.54) is 17.2 Å². The van der Waals surface area contributed by atoms with Crippen LogP contribution in [0.4, 0.5) is 9.18 Å². The number of amides is 2. The van der Waals surface area contributed by atoms with Gasteiger partial charge >= 0.3 is 6.03 Å². The number of rotatable bonds is 12. The van der Waals surface area contributed by atoms with Crippen LogP contribution in [0.3, 0.4) is 0 Å². The van der Waals surface area contributed by atoms with Crippen LogP contribution in [-0.2, 0) is 10.0 Å². The topological polar surface area (TPSA) is 134 Å². The van der Waals surface area contributed by atoms with Gasteiger partial charge in [0.25, 0.3) is 0 Å². The van der Waals surface area contributed by atoms with Gasteiger partial charge in [0.1, 0.15) is 0 Å². The van der Waals surface area contributed by atoms with Crippen molar-refractivity contribution in [1.29, 1.82) is 0 Å². The van der Waals surface area contributed by atoms with Gasteiger partial charge in [0, 0.05) is 18.8 Å². The molecule has 1 aromatic rings. The number of carbonyl (C=O) groups excluding carboxylic acids is 1. The van der Waals surface area contributed by atoms with Crippen molar-refractivity contribution in [3.8, 4) is 5.75 Å². The molecule has 1 unspecified atom stereocenters. The summed E-state index contributed by atoms with van der Waals surface area (Å²) >= 11 is 0. The fraction of sp³-hybridized carbons (Fsp3) is 0.571. The molecule has 32 heavy (non-hydrogen) atoms. The quantitative estimate of drug-likeness (QED) is 0.345. The van der Waals surface area contributed by atoms with Gasteiger partial charge in [-0.2, -0.15) is 0 Å². The summed E-state index contributed by atoms with van der Waals surface area (Å²) < 4.78 is 47.0. The lowest BCUT2D eigenvalue weighted by molar-refractivity contribution is 0.142. The van der Waals surface area contributed by atoms with E-state index in [1.54, 1.807) is 19.1 Å². The maximum atomic E-state index is 14.0. The maximum absolute atomic E-state index is 14.0. The van der Waals surface area contributed by atoms with Crippen LogP contribution in [-0.4, -0.2) is 49.6 Å². The smallest absolute Gasteiger partial charge is 0.323 e. The summed E-state index contributed by atoms with van der Waals surface area (Å²) in [5, 5.41) is 11.8. The second-order valence-corrected chi connectivity index (χ2v) is 10.2. The van der Waals surface area contributed by atoms with Crippen molar-refractivity contribution in [3.05, 3.63) is 41.5 Å². The SMILES string of the molecule is C[C@@H](NS(=O)(=O)CCCCCN1C=C(N)C(O)NC1=O)c1ccc(F)c(OCC2CC2)c1. The number of nitrogens with one attached hydrogen (secondary N) is 2. The van der Waals surface area contributed by atoms with Crippen LogP contribution in [0.15, 0.2) is 30.1 Å². The second kappa shape index (κ2) is 10.5. The number of sulfonamides is 1. The van der Waals surface area contributed by atoms with Crippen LogP contribution in [0.2, 0.25) is 0 Å². The van der Waals surface area contributed by atoms with E-state index in [2.05, 4.69) is 10.0 Å². The Hall–Kier alpha value is -2.37. The van der Waals surface area contributed by atoms with Crippen LogP contribution in [0.25, 0.3) is 0 Å². The first-order valence-corrected chi connectivity index (χ1v) is 12.4. The minimum Gasteiger partial charge on any atom is -0.490 e. The highest BCUT2D eigenvalue weighted by Crippen LogP contribution is 2.31. The highest BCUT2D eigenvalue weighted by atomic mass is 32.2. The Bertz CT molecular complexity index is 952. The molecule has 5 N–H and O–H groups in total. The Labute approximate surface area is 187 Å². The van der Waals surface area contributed by atoms with Gasteiger partial charge in [0.15, 0.2) is 17.8 Å². The molecule has 1 aliphatic heterocycles. The minimum absolute atomic E-state index is 0.0630. The molecule has 0 spiro atoms. The van der Waals surface area contributed by atoms with Crippen LogP contribution in [0.1, 0.15) is 50.6 Å². The molecule has 0 aromatic heterocycles. The van der Waals surface area contributed by atoms with Crippen molar-refractivity contribution >= 4 is 16.1 Å². The lowest BCUT2D eigenvalue weighted by atomic mass is 10.1. The van der Waals surface area contributed by atoms with Gasteiger partial charge in [-0.05, 0) is 56.2 Å². The summed E-state index contributed by atoms with van der Waals surface area (Å²) in [7, 11) is -3.54. The first kappa shape index (κ1) is 24.3. The number of nitrogens with zero attached hydrogens (tertiary/aromatic N) is 1. The average molecular weight is 471 g/mol. The van der Waals surface area contributed by atoms with E-state index in [4.69, 9.17) is 10.5 Å². The number of carbonyl (C=O) groups is 1. The molecule has 11 heteroatoms. The number of aliphatic hydroxyl groups is 1. The van der Waals surface area contributed by atoms with Crippen molar-refractivity contribution in [2.45, 2.75) is 51.3 Å². The van der Waals surface area contributed by atoms with Gasteiger partial charge in [0.05, 0.1) is 18.1 Å². The lowest BCUT2D eigenvalue weighted by Gasteiger charge is -2.27. The summed E-state index contributed by atoms with van der Waals surface area (Å²) in [6.45, 7) is 2.54. The Morgan fingerprint density at radius 2 is 2.09 bits per heavy atom. The predicted octanol–water partition coefficient (Wildman–Crippen LogP) is 1.91. The van der Waals surface area contributed by atoms with Gasteiger partial charge in [0.2, 0.25) is 10.0 Å². The number of hydrogen-bond acceptors (Lipinski definition) is 6. The summed E-state index contributed by atoms with van der Waals surface area (Å²) in [4.78, 5) is 13.1. The molecule has 1 fully saturated rings. The van der Waals surface area contributed by atoms with Gasteiger partial charge in [-0.3, -0.25) is 4.90 Å². The number of hydrogen-bond donors (Lipinski definition) is 4. The number of ether oxygens (including phenoxy) is 1. The molecule has 1 heterocycles. The standard InChI is InChI=1S/C21H31FN4O5S/c1-14(16-7-8-17(22)19(11-16)31-13-15-5-6-15)25-32(29,30)10-4-2-3-9-26-12-18(23)20(27)24-21(26)28/h7-8,11-12,14-15,20,25,27H,2-6,9-10,13,23H2,1H3,(H,24,28)/t14-,20?/m1/s1. The fourth-order valence-corrected chi connectivity index (χ4v) is 4.67. The third kappa shape index (κ3) is 7.07. The van der Waals surface area contributed by atoms with E-state index < -0.39 is 34.1 Å². The zero-order valence-corrected chi connectivity index (χ0v) is 18.9. The Morgan fingerprint density at radius 1 is 1.34 bits per heavy atom. The number of urea groups is 1. The van der Waals surface area contributed by atoms with Gasteiger partial charge in [-0.15, -0.1) is 0 Å². The Kier molecular flexibility index (Phi) is 7.96. The summed E-state index contributed by atoms with van der Waals surface area (Å²) in [6.07, 6.45) is 3.97. The average Bonchev–Trinajstić information content (AvgIpc) is 3.54. The zero-order chi connectivity index (χ0) is 23.3. The molecule has 9 nitrogen and oxygen atoms in total. The third-order valence-electron chi connectivity index (χ3n) is 5.44. The predicted molar refractivity (Wildman–Crippen MR) is 117 cm³/mol. The molecule has 1 aromatic carbocycles. The van der Waals surface area contributed by atoms with Gasteiger partial charge in [-0.25, -0.2) is 22.3 Å². The molecule has 3 rings (SSSR count). The van der Waals surface area contributed by atoms with Crippen molar-refractivity contribution in [2.24, 2.45) is 11.7 Å². The molecule has 2 amide bonds. The largest absolute Gasteiger partial charge is 0.490 e. The first-order chi connectivity index (χ1) is 15.1. The van der Waals surface area contributed by atoms with E-state index in [1.807, 2.05) is 0 Å². The molecule has 1 saturated carbocycles. The first-order valence-electron chi connectivity index (χ1n) is 10.8. The van der Waals surface area contributed by atoms with E-state index in [0.717, 1.165) is 12.8 Å². The van der Waals surface area contributed by atoms with Crippen LogP contribution >= 0.6 is 0 Å². The van der Waals surface area contributed by atoms with E-state index in [0.29, 0.717) is 43.9 Å². The molecular formula is C21H31FN4O5S.